The molecular weight excluding hydrogens is 317 g/mol. The summed E-state index contributed by atoms with van der Waals surface area (Å²) in [5.41, 5.74) is 0.395. The summed E-state index contributed by atoms with van der Waals surface area (Å²) in [6.45, 7) is 4.45. The van der Waals surface area contributed by atoms with Crippen LogP contribution in [0.2, 0.25) is 0 Å². The third-order valence-corrected chi connectivity index (χ3v) is 3.35. The SMILES string of the molecule is CC1(C)OCC(CNC(=O)c2ccc(F)c(Br)c2)O1. The highest BCUT2D eigenvalue weighted by Gasteiger charge is 2.32. The lowest BCUT2D eigenvalue weighted by atomic mass is 10.2. The molecule has 6 heteroatoms. The standard InChI is InChI=1S/C13H15BrFNO3/c1-13(2)18-7-9(19-13)6-16-12(17)8-3-4-11(15)10(14)5-8/h3-5,9H,6-7H2,1-2H3,(H,16,17). The number of hydrogen-bond donors (Lipinski definition) is 1. The molecule has 0 spiro atoms. The third kappa shape index (κ3) is 3.75. The predicted molar refractivity (Wildman–Crippen MR) is 71.3 cm³/mol. The quantitative estimate of drug-likeness (QED) is 0.925. The Morgan fingerprint density at radius 3 is 2.89 bits per heavy atom. The Hall–Kier alpha value is -0.980. The van der Waals surface area contributed by atoms with Crippen LogP contribution in [-0.2, 0) is 9.47 Å². The van der Waals surface area contributed by atoms with Crippen LogP contribution >= 0.6 is 15.9 Å². The third-order valence-electron chi connectivity index (χ3n) is 2.74. The van der Waals surface area contributed by atoms with E-state index in [0.717, 1.165) is 0 Å². The van der Waals surface area contributed by atoms with Crippen molar-refractivity contribution in [2.45, 2.75) is 25.7 Å². The first kappa shape index (κ1) is 14.4. The van der Waals surface area contributed by atoms with E-state index in [0.29, 0.717) is 18.7 Å². The van der Waals surface area contributed by atoms with Crippen LogP contribution in [0.4, 0.5) is 4.39 Å². The maximum absolute atomic E-state index is 13.1. The van der Waals surface area contributed by atoms with Gasteiger partial charge in [0.05, 0.1) is 11.1 Å². The van der Waals surface area contributed by atoms with Crippen molar-refractivity contribution in [3.63, 3.8) is 0 Å². The molecule has 0 saturated carbocycles. The minimum atomic E-state index is -0.603. The van der Waals surface area contributed by atoms with Gasteiger partial charge in [-0.1, -0.05) is 0 Å². The van der Waals surface area contributed by atoms with Crippen LogP contribution in [0.25, 0.3) is 0 Å². The average Bonchev–Trinajstić information content (AvgIpc) is 2.69. The number of benzene rings is 1. The van der Waals surface area contributed by atoms with E-state index >= 15 is 0 Å². The van der Waals surface area contributed by atoms with Crippen molar-refractivity contribution in [1.82, 2.24) is 5.32 Å². The molecule has 1 aromatic rings. The maximum atomic E-state index is 13.1. The average molecular weight is 332 g/mol. The summed E-state index contributed by atoms with van der Waals surface area (Å²) in [6, 6.07) is 4.13. The number of ether oxygens (including phenoxy) is 2. The topological polar surface area (TPSA) is 47.6 Å². The molecule has 4 nitrogen and oxygen atoms in total. The van der Waals surface area contributed by atoms with Gasteiger partial charge in [0, 0.05) is 12.1 Å². The number of hydrogen-bond acceptors (Lipinski definition) is 3. The van der Waals surface area contributed by atoms with Crippen molar-refractivity contribution >= 4 is 21.8 Å². The Kier molecular flexibility index (Phi) is 4.23. The van der Waals surface area contributed by atoms with Crippen LogP contribution in [0.3, 0.4) is 0 Å². The van der Waals surface area contributed by atoms with Gasteiger partial charge in [0.1, 0.15) is 11.9 Å². The van der Waals surface area contributed by atoms with Gasteiger partial charge in [0.25, 0.3) is 5.91 Å². The second kappa shape index (κ2) is 5.56. The first-order chi connectivity index (χ1) is 8.87. The predicted octanol–water partition coefficient (Wildman–Crippen LogP) is 2.47. The molecule has 104 valence electrons. The monoisotopic (exact) mass is 331 g/mol. The Balaban J connectivity index is 1.89. The van der Waals surface area contributed by atoms with E-state index in [1.165, 1.54) is 18.2 Å². The van der Waals surface area contributed by atoms with Crippen LogP contribution in [-0.4, -0.2) is 30.9 Å². The molecule has 1 N–H and O–H groups in total. The zero-order valence-corrected chi connectivity index (χ0v) is 12.3. The van der Waals surface area contributed by atoms with Crippen molar-refractivity contribution in [3.8, 4) is 0 Å². The number of amides is 1. The number of carbonyl (C=O) groups is 1. The van der Waals surface area contributed by atoms with Gasteiger partial charge >= 0.3 is 0 Å². The van der Waals surface area contributed by atoms with Crippen molar-refractivity contribution in [1.29, 1.82) is 0 Å². The number of rotatable bonds is 3. The van der Waals surface area contributed by atoms with Gasteiger partial charge in [-0.15, -0.1) is 0 Å². The van der Waals surface area contributed by atoms with Gasteiger partial charge in [-0.25, -0.2) is 4.39 Å². The van der Waals surface area contributed by atoms with E-state index in [1.54, 1.807) is 0 Å². The van der Waals surface area contributed by atoms with Crippen LogP contribution < -0.4 is 5.32 Å². The van der Waals surface area contributed by atoms with Crippen LogP contribution in [0.15, 0.2) is 22.7 Å². The van der Waals surface area contributed by atoms with E-state index in [9.17, 15) is 9.18 Å². The first-order valence-corrected chi connectivity index (χ1v) is 6.72. The molecule has 1 saturated heterocycles. The molecule has 0 radical (unpaired) electrons. The number of nitrogens with one attached hydrogen (secondary N) is 1. The van der Waals surface area contributed by atoms with Gasteiger partial charge < -0.3 is 14.8 Å². The molecule has 1 aliphatic rings. The van der Waals surface area contributed by atoms with Gasteiger partial charge in [0.15, 0.2) is 5.79 Å². The lowest BCUT2D eigenvalue weighted by molar-refractivity contribution is -0.137. The van der Waals surface area contributed by atoms with Crippen molar-refractivity contribution in [2.75, 3.05) is 13.2 Å². The Morgan fingerprint density at radius 2 is 2.32 bits per heavy atom. The minimum Gasteiger partial charge on any atom is -0.349 e. The molecule has 2 rings (SSSR count). The lowest BCUT2D eigenvalue weighted by Crippen LogP contribution is -2.34. The molecule has 1 aliphatic heterocycles. The van der Waals surface area contributed by atoms with E-state index in [-0.39, 0.29) is 16.5 Å². The summed E-state index contributed by atoms with van der Waals surface area (Å²) in [5, 5.41) is 2.74. The van der Waals surface area contributed by atoms with Crippen molar-refractivity contribution in [2.24, 2.45) is 0 Å². The summed E-state index contributed by atoms with van der Waals surface area (Å²) in [7, 11) is 0. The minimum absolute atomic E-state index is 0.164. The second-order valence-corrected chi connectivity index (χ2v) is 5.64. The van der Waals surface area contributed by atoms with E-state index in [1.807, 2.05) is 13.8 Å². The second-order valence-electron chi connectivity index (χ2n) is 4.79. The van der Waals surface area contributed by atoms with Gasteiger partial charge in [0.2, 0.25) is 0 Å². The Bertz CT molecular complexity index is 493. The zero-order valence-electron chi connectivity index (χ0n) is 10.7. The van der Waals surface area contributed by atoms with E-state index < -0.39 is 11.6 Å². The summed E-state index contributed by atoms with van der Waals surface area (Å²) in [5.74, 6) is -1.27. The molecule has 1 atom stereocenters. The molecular formula is C13H15BrFNO3. The fraction of sp³-hybridized carbons (Fsp3) is 0.462. The maximum Gasteiger partial charge on any atom is 0.251 e. The summed E-state index contributed by atoms with van der Waals surface area (Å²) < 4.78 is 24.3. The molecule has 1 amide bonds. The van der Waals surface area contributed by atoms with Gasteiger partial charge in [-0.05, 0) is 48.0 Å². The summed E-state index contributed by atoms with van der Waals surface area (Å²) in [6.07, 6.45) is -0.164. The normalized spacial score (nSPS) is 21.4. The number of halogens is 2. The van der Waals surface area contributed by atoms with Crippen LogP contribution in [0.1, 0.15) is 24.2 Å². The van der Waals surface area contributed by atoms with Crippen molar-refractivity contribution < 1.29 is 18.7 Å². The smallest absolute Gasteiger partial charge is 0.251 e. The molecule has 19 heavy (non-hydrogen) atoms. The first-order valence-electron chi connectivity index (χ1n) is 5.92. The number of carbonyl (C=O) groups excluding carboxylic acids is 1. The molecule has 1 unspecified atom stereocenters. The van der Waals surface area contributed by atoms with E-state index in [2.05, 4.69) is 21.2 Å². The van der Waals surface area contributed by atoms with Crippen molar-refractivity contribution in [3.05, 3.63) is 34.1 Å². The summed E-state index contributed by atoms with van der Waals surface area (Å²) in [4.78, 5) is 11.9. The van der Waals surface area contributed by atoms with E-state index in [4.69, 9.17) is 9.47 Å². The molecule has 0 bridgehead atoms. The highest BCUT2D eigenvalue weighted by Crippen LogP contribution is 2.22. The molecule has 1 heterocycles. The Morgan fingerprint density at radius 1 is 1.58 bits per heavy atom. The van der Waals surface area contributed by atoms with Crippen LogP contribution in [0.5, 0.6) is 0 Å². The largest absolute Gasteiger partial charge is 0.349 e. The lowest BCUT2D eigenvalue weighted by Gasteiger charge is -2.17. The van der Waals surface area contributed by atoms with Crippen LogP contribution in [0, 0.1) is 5.82 Å². The van der Waals surface area contributed by atoms with Gasteiger partial charge in [-0.2, -0.15) is 0 Å². The Labute approximate surface area is 119 Å². The fourth-order valence-corrected chi connectivity index (χ4v) is 2.19. The molecule has 0 aliphatic carbocycles. The molecule has 1 fully saturated rings. The molecule has 0 aromatic heterocycles. The van der Waals surface area contributed by atoms with Gasteiger partial charge in [-0.3, -0.25) is 4.79 Å². The highest BCUT2D eigenvalue weighted by atomic mass is 79.9. The zero-order chi connectivity index (χ0) is 14.0. The summed E-state index contributed by atoms with van der Waals surface area (Å²) >= 11 is 3.05. The fourth-order valence-electron chi connectivity index (χ4n) is 1.81. The highest BCUT2D eigenvalue weighted by molar-refractivity contribution is 9.10. The molecule has 1 aromatic carbocycles.